The quantitative estimate of drug-likeness (QED) is 0.151. The van der Waals surface area contributed by atoms with Crippen molar-refractivity contribution in [2.24, 2.45) is 21.8 Å². The smallest absolute Gasteiger partial charge is 0.355 e. The summed E-state index contributed by atoms with van der Waals surface area (Å²) in [6.45, 7) is 0.171. The molecule has 46 heavy (non-hydrogen) atoms. The number of primary sulfonamides is 1. The lowest BCUT2D eigenvalue weighted by Gasteiger charge is -2.17. The number of amides is 1. The van der Waals surface area contributed by atoms with Crippen molar-refractivity contribution >= 4 is 49.8 Å². The molecule has 0 atom stereocenters. The minimum Gasteiger partial charge on any atom is -0.476 e. The van der Waals surface area contributed by atoms with Crippen LogP contribution in [0.5, 0.6) is 0 Å². The number of nitrogens with two attached hydrogens (primary N) is 2. The summed E-state index contributed by atoms with van der Waals surface area (Å²) in [4.78, 5) is 32.5. The molecule has 0 bridgehead atoms. The Labute approximate surface area is 267 Å². The second kappa shape index (κ2) is 13.7. The number of aliphatic imine (C=N–C) groups is 1. The Morgan fingerprint density at radius 3 is 2.39 bits per heavy atom. The van der Waals surface area contributed by atoms with Crippen LogP contribution in [0.4, 0.5) is 13.9 Å². The molecule has 0 aliphatic heterocycles. The van der Waals surface area contributed by atoms with E-state index in [0.29, 0.717) is 23.3 Å². The largest absolute Gasteiger partial charge is 0.476 e. The predicted octanol–water partition coefficient (Wildman–Crippen LogP) is 5.18. The van der Waals surface area contributed by atoms with Crippen LogP contribution >= 0.6 is 11.3 Å². The minimum atomic E-state index is -4.31. The first-order valence-electron chi connectivity index (χ1n) is 14.1. The van der Waals surface area contributed by atoms with E-state index in [4.69, 9.17) is 10.9 Å². The first kappa shape index (κ1) is 32.6. The minimum absolute atomic E-state index is 0.0384. The van der Waals surface area contributed by atoms with E-state index in [-0.39, 0.29) is 46.5 Å². The van der Waals surface area contributed by atoms with Gasteiger partial charge in [-0.25, -0.2) is 37.1 Å². The number of aromatic nitrogens is 1. The van der Waals surface area contributed by atoms with Gasteiger partial charge in [-0.15, -0.1) is 11.3 Å². The fraction of sp³-hybridized carbons (Fsp3) is 0.188. The second-order valence-corrected chi connectivity index (χ2v) is 13.1. The number of nitrogens with zero attached hydrogens (tertiary/aromatic N) is 2. The Hall–Kier alpha value is -4.79. The summed E-state index contributed by atoms with van der Waals surface area (Å²) in [5.41, 5.74) is 8.71. The maximum Gasteiger partial charge on any atom is 0.355 e. The van der Waals surface area contributed by atoms with Gasteiger partial charge in [0.15, 0.2) is 5.69 Å². The van der Waals surface area contributed by atoms with Gasteiger partial charge in [-0.1, -0.05) is 36.4 Å². The topological polar surface area (TPSA) is 178 Å². The molecule has 3 aromatic carbocycles. The van der Waals surface area contributed by atoms with Crippen molar-refractivity contribution in [2.75, 3.05) is 0 Å². The highest BCUT2D eigenvalue weighted by molar-refractivity contribution is 7.89. The number of hydrogen-bond acceptors (Lipinski definition) is 8. The van der Waals surface area contributed by atoms with Gasteiger partial charge >= 0.3 is 5.97 Å². The molecule has 6 N–H and O–H groups in total. The second-order valence-electron chi connectivity index (χ2n) is 10.8. The number of aromatic carboxylic acids is 1. The van der Waals surface area contributed by atoms with Gasteiger partial charge < -0.3 is 16.2 Å². The third-order valence-corrected chi connectivity index (χ3v) is 8.97. The lowest BCUT2D eigenvalue weighted by atomic mass is 9.92. The normalized spacial score (nSPS) is 14.1. The Morgan fingerprint density at radius 1 is 1.02 bits per heavy atom. The van der Waals surface area contributed by atoms with Crippen LogP contribution in [-0.2, 0) is 23.0 Å². The number of hydrogen-bond donors (Lipinski definition) is 4. The SMILES string of the molecule is NC(=C(Cc1ccc(S(N)(=O)=O)c(F)c1)C(CC1CC1)=Nc1nc(C(=O)O)cs1)c1ccc(F)c(C(=O)NCc2ccccc2)c1. The zero-order valence-electron chi connectivity index (χ0n) is 24.2. The number of carboxylic acid groups (broad SMARTS) is 1. The summed E-state index contributed by atoms with van der Waals surface area (Å²) in [7, 11) is -4.31. The molecule has 1 aromatic heterocycles. The molecule has 0 radical (unpaired) electrons. The van der Waals surface area contributed by atoms with Crippen molar-refractivity contribution in [3.8, 4) is 0 Å². The fourth-order valence-electron chi connectivity index (χ4n) is 4.72. The number of halogens is 2. The average Bonchev–Trinajstić information content (AvgIpc) is 3.71. The highest BCUT2D eigenvalue weighted by Crippen LogP contribution is 2.36. The highest BCUT2D eigenvalue weighted by Gasteiger charge is 2.27. The van der Waals surface area contributed by atoms with Gasteiger partial charge in [0.1, 0.15) is 16.5 Å². The molecule has 14 heteroatoms. The summed E-state index contributed by atoms with van der Waals surface area (Å²) in [6.07, 6.45) is 2.24. The van der Waals surface area contributed by atoms with Crippen LogP contribution in [0.1, 0.15) is 56.8 Å². The molecular formula is C32H29F2N5O5S2. The van der Waals surface area contributed by atoms with E-state index >= 15 is 0 Å². The van der Waals surface area contributed by atoms with Crippen LogP contribution in [-0.4, -0.2) is 36.1 Å². The van der Waals surface area contributed by atoms with Crippen LogP contribution in [0.15, 0.2) is 87.6 Å². The Balaban J connectivity index is 1.58. The molecule has 1 amide bonds. The van der Waals surface area contributed by atoms with Crippen molar-refractivity contribution < 1.29 is 31.9 Å². The summed E-state index contributed by atoms with van der Waals surface area (Å²) in [5.74, 6) is -3.43. The Morgan fingerprint density at radius 2 is 1.76 bits per heavy atom. The molecule has 0 spiro atoms. The van der Waals surface area contributed by atoms with Crippen LogP contribution in [0, 0.1) is 17.6 Å². The van der Waals surface area contributed by atoms with E-state index < -0.39 is 38.4 Å². The zero-order chi connectivity index (χ0) is 33.0. The molecule has 0 unspecified atom stereocenters. The molecule has 5 rings (SSSR count). The fourth-order valence-corrected chi connectivity index (χ4v) is 5.99. The Kier molecular flexibility index (Phi) is 9.70. The van der Waals surface area contributed by atoms with Gasteiger partial charge in [0.05, 0.1) is 5.56 Å². The molecule has 238 valence electrons. The van der Waals surface area contributed by atoms with E-state index in [9.17, 15) is 31.9 Å². The number of allylic oxidation sites excluding steroid dienone is 1. The highest BCUT2D eigenvalue weighted by atomic mass is 32.2. The number of nitrogens with one attached hydrogen (secondary N) is 1. The van der Waals surface area contributed by atoms with E-state index in [1.54, 1.807) is 0 Å². The van der Waals surface area contributed by atoms with Gasteiger partial charge in [0.25, 0.3) is 5.91 Å². The van der Waals surface area contributed by atoms with Crippen LogP contribution in [0.2, 0.25) is 0 Å². The molecule has 1 heterocycles. The number of sulfonamides is 1. The average molecular weight is 666 g/mol. The number of carbonyl (C=O) groups excluding carboxylic acids is 1. The van der Waals surface area contributed by atoms with Crippen LogP contribution < -0.4 is 16.2 Å². The van der Waals surface area contributed by atoms with Crippen molar-refractivity contribution in [1.82, 2.24) is 10.3 Å². The molecule has 0 saturated heterocycles. The number of rotatable bonds is 12. The summed E-state index contributed by atoms with van der Waals surface area (Å²) >= 11 is 1.02. The van der Waals surface area contributed by atoms with Gasteiger partial charge in [-0.3, -0.25) is 4.79 Å². The van der Waals surface area contributed by atoms with Crippen molar-refractivity contribution in [3.05, 3.63) is 117 Å². The van der Waals surface area contributed by atoms with E-state index in [0.717, 1.165) is 47.9 Å². The summed E-state index contributed by atoms with van der Waals surface area (Å²) in [6, 6.07) is 16.4. The van der Waals surface area contributed by atoms with Gasteiger partial charge in [-0.2, -0.15) is 0 Å². The molecule has 1 fully saturated rings. The molecule has 4 aromatic rings. The van der Waals surface area contributed by atoms with E-state index in [2.05, 4.69) is 15.3 Å². The zero-order valence-corrected chi connectivity index (χ0v) is 25.9. The number of benzene rings is 3. The lowest BCUT2D eigenvalue weighted by molar-refractivity contribution is 0.0691. The van der Waals surface area contributed by atoms with E-state index in [1.165, 1.54) is 23.6 Å². The van der Waals surface area contributed by atoms with Gasteiger partial charge in [0, 0.05) is 35.3 Å². The molecular weight excluding hydrogens is 637 g/mol. The standard InChI is InChI=1S/C32H29F2N5O5S2/c33-24-10-9-21(15-22(24)30(40)37-16-19-4-2-1-3-5-19)29(35)23(12-20-8-11-28(25(34)13-20)46(36,43)44)26(14-18-6-7-18)38-32-39-27(17-45-32)31(41)42/h1-5,8-11,13,15,17-18H,6-7,12,14,16,35H2,(H,37,40)(H,41,42)(H2,36,43,44). The molecule has 10 nitrogen and oxygen atoms in total. The Bertz CT molecular complexity index is 1970. The molecule has 1 saturated carbocycles. The summed E-state index contributed by atoms with van der Waals surface area (Å²) < 4.78 is 53.4. The lowest BCUT2D eigenvalue weighted by Crippen LogP contribution is -2.24. The maximum atomic E-state index is 14.9. The van der Waals surface area contributed by atoms with E-state index in [1.807, 2.05) is 30.3 Å². The number of carbonyl (C=O) groups is 2. The first-order chi connectivity index (χ1) is 21.9. The first-order valence-corrected chi connectivity index (χ1v) is 16.5. The third-order valence-electron chi connectivity index (χ3n) is 7.30. The molecule has 1 aliphatic carbocycles. The maximum absolute atomic E-state index is 14.9. The van der Waals surface area contributed by atoms with Gasteiger partial charge in [0.2, 0.25) is 15.2 Å². The predicted molar refractivity (Wildman–Crippen MR) is 170 cm³/mol. The van der Waals surface area contributed by atoms with Crippen molar-refractivity contribution in [1.29, 1.82) is 0 Å². The monoisotopic (exact) mass is 665 g/mol. The summed E-state index contributed by atoms with van der Waals surface area (Å²) in [5, 5.41) is 18.7. The van der Waals surface area contributed by atoms with Crippen LogP contribution in [0.25, 0.3) is 5.70 Å². The number of carboxylic acids is 1. The van der Waals surface area contributed by atoms with Crippen molar-refractivity contribution in [2.45, 2.75) is 37.1 Å². The number of thiazole rings is 1. The van der Waals surface area contributed by atoms with Gasteiger partial charge in [-0.05, 0) is 72.2 Å². The third kappa shape index (κ3) is 8.07. The molecule has 1 aliphatic rings. The van der Waals surface area contributed by atoms with Crippen LogP contribution in [0.3, 0.4) is 0 Å². The van der Waals surface area contributed by atoms with Crippen molar-refractivity contribution in [3.63, 3.8) is 0 Å².